The maximum atomic E-state index is 12.3. The Labute approximate surface area is 171 Å². The van der Waals surface area contributed by atoms with E-state index in [1.807, 2.05) is 52.0 Å². The first-order valence-electron chi connectivity index (χ1n) is 9.82. The first-order valence-corrected chi connectivity index (χ1v) is 9.82. The molecule has 2 atom stereocenters. The number of nitrogens with one attached hydrogen (secondary N) is 2. The van der Waals surface area contributed by atoms with E-state index >= 15 is 0 Å². The fraction of sp³-hybridized carbons (Fsp3) is 0.550. The molecule has 3 rings (SSSR count). The first kappa shape index (κ1) is 21.3. The number of rotatable bonds is 6. The molecule has 0 aromatic heterocycles. The van der Waals surface area contributed by atoms with E-state index in [4.69, 9.17) is 15.0 Å². The van der Waals surface area contributed by atoms with Crippen LogP contribution in [0, 0.1) is 0 Å². The molecule has 0 spiro atoms. The topological polar surface area (TPSA) is 120 Å². The van der Waals surface area contributed by atoms with Crippen molar-refractivity contribution in [2.45, 2.75) is 70.2 Å². The predicted molar refractivity (Wildman–Crippen MR) is 108 cm³/mol. The van der Waals surface area contributed by atoms with Crippen LogP contribution in [-0.4, -0.2) is 48.1 Å². The summed E-state index contributed by atoms with van der Waals surface area (Å²) in [5.41, 5.74) is 6.33. The smallest absolute Gasteiger partial charge is 0.399 e. The Balaban J connectivity index is 1.63. The summed E-state index contributed by atoms with van der Waals surface area (Å²) < 4.78 is 12.1. The number of primary amides is 1. The quantitative estimate of drug-likeness (QED) is 0.570. The molecule has 156 valence electrons. The highest BCUT2D eigenvalue weighted by atomic mass is 16.7. The minimum atomic E-state index is -0.859. The van der Waals surface area contributed by atoms with Gasteiger partial charge in [-0.25, -0.2) is 0 Å². The lowest BCUT2D eigenvalue weighted by molar-refractivity contribution is -0.129. The van der Waals surface area contributed by atoms with E-state index in [9.17, 15) is 14.4 Å². The summed E-state index contributed by atoms with van der Waals surface area (Å²) in [6, 6.07) is 6.01. The zero-order valence-electron chi connectivity index (χ0n) is 17.3. The van der Waals surface area contributed by atoms with Gasteiger partial charge in [-0.2, -0.15) is 0 Å². The van der Waals surface area contributed by atoms with E-state index < -0.39 is 42.2 Å². The van der Waals surface area contributed by atoms with E-state index in [1.165, 1.54) is 0 Å². The Morgan fingerprint density at radius 3 is 2.28 bits per heavy atom. The first-order chi connectivity index (χ1) is 13.5. The zero-order valence-corrected chi connectivity index (χ0v) is 17.3. The highest BCUT2D eigenvalue weighted by Gasteiger charge is 2.51. The molecule has 9 heteroatoms. The second kappa shape index (κ2) is 7.80. The third kappa shape index (κ3) is 4.62. The van der Waals surface area contributed by atoms with Crippen molar-refractivity contribution >= 4 is 30.3 Å². The lowest BCUT2D eigenvalue weighted by Gasteiger charge is -2.32. The van der Waals surface area contributed by atoms with Crippen molar-refractivity contribution in [3.63, 3.8) is 0 Å². The van der Waals surface area contributed by atoms with E-state index in [1.54, 1.807) is 0 Å². The van der Waals surface area contributed by atoms with Gasteiger partial charge >= 0.3 is 7.12 Å². The average Bonchev–Trinajstić information content (AvgIpc) is 3.15. The number of amides is 3. The second-order valence-corrected chi connectivity index (χ2v) is 8.66. The number of carbonyl (C=O) groups is 3. The lowest BCUT2D eigenvalue weighted by atomic mass is 9.78. The van der Waals surface area contributed by atoms with Crippen molar-refractivity contribution in [3.8, 4) is 0 Å². The summed E-state index contributed by atoms with van der Waals surface area (Å²) in [7, 11) is -0.466. The molecule has 29 heavy (non-hydrogen) atoms. The van der Waals surface area contributed by atoms with Crippen LogP contribution in [0.5, 0.6) is 0 Å². The molecule has 2 fully saturated rings. The molecule has 2 heterocycles. The van der Waals surface area contributed by atoms with Crippen molar-refractivity contribution in [2.75, 3.05) is 0 Å². The highest BCUT2D eigenvalue weighted by Crippen LogP contribution is 2.36. The van der Waals surface area contributed by atoms with Gasteiger partial charge < -0.3 is 25.7 Å². The third-order valence-corrected chi connectivity index (χ3v) is 5.92. The molecule has 8 nitrogen and oxygen atoms in total. The van der Waals surface area contributed by atoms with Crippen LogP contribution in [-0.2, 0) is 30.1 Å². The third-order valence-electron chi connectivity index (χ3n) is 5.92. The minimum Gasteiger partial charge on any atom is -0.399 e. The van der Waals surface area contributed by atoms with Crippen molar-refractivity contribution in [1.82, 2.24) is 10.6 Å². The Morgan fingerprint density at radius 2 is 1.79 bits per heavy atom. The molecule has 0 bridgehead atoms. The number of benzene rings is 1. The van der Waals surface area contributed by atoms with Crippen LogP contribution >= 0.6 is 0 Å². The van der Waals surface area contributed by atoms with Gasteiger partial charge in [0, 0.05) is 12.8 Å². The zero-order chi connectivity index (χ0) is 21.4. The van der Waals surface area contributed by atoms with Gasteiger partial charge in [-0.05, 0) is 45.1 Å². The number of nitrogens with two attached hydrogens (primary N) is 1. The molecule has 0 aliphatic carbocycles. The van der Waals surface area contributed by atoms with Gasteiger partial charge in [0.05, 0.1) is 11.2 Å². The molecule has 2 saturated heterocycles. The van der Waals surface area contributed by atoms with Crippen molar-refractivity contribution in [2.24, 2.45) is 5.73 Å². The van der Waals surface area contributed by atoms with Crippen LogP contribution in [0.25, 0.3) is 0 Å². The van der Waals surface area contributed by atoms with Gasteiger partial charge in [-0.15, -0.1) is 0 Å². The summed E-state index contributed by atoms with van der Waals surface area (Å²) in [6.45, 7) is 7.98. The molecular weight excluding hydrogens is 373 g/mol. The summed E-state index contributed by atoms with van der Waals surface area (Å²) in [6.07, 6.45) is 0.976. The number of hydrogen-bond donors (Lipinski definition) is 3. The van der Waals surface area contributed by atoms with Crippen LogP contribution < -0.4 is 21.8 Å². The van der Waals surface area contributed by atoms with Crippen LogP contribution in [0.2, 0.25) is 0 Å². The Kier molecular flexibility index (Phi) is 5.73. The van der Waals surface area contributed by atoms with E-state index in [0.29, 0.717) is 12.8 Å². The predicted octanol–water partition coefficient (Wildman–Crippen LogP) is -0.223. The molecule has 3 amide bonds. The monoisotopic (exact) mass is 401 g/mol. The van der Waals surface area contributed by atoms with Gasteiger partial charge in [0.25, 0.3) is 0 Å². The lowest BCUT2D eigenvalue weighted by Crippen LogP contribution is -2.51. The maximum absolute atomic E-state index is 12.3. The molecule has 4 N–H and O–H groups in total. The van der Waals surface area contributed by atoms with Gasteiger partial charge in [0.1, 0.15) is 12.1 Å². The van der Waals surface area contributed by atoms with E-state index in [0.717, 1.165) is 11.0 Å². The van der Waals surface area contributed by atoms with E-state index in [-0.39, 0.29) is 12.3 Å². The summed E-state index contributed by atoms with van der Waals surface area (Å²) in [5.74, 6) is -1.19. The van der Waals surface area contributed by atoms with Gasteiger partial charge in [0.15, 0.2) is 0 Å². The molecule has 1 aromatic rings. The molecule has 1 aromatic carbocycles. The molecule has 0 radical (unpaired) electrons. The summed E-state index contributed by atoms with van der Waals surface area (Å²) in [5, 5.41) is 5.22. The molecule has 0 unspecified atom stereocenters. The fourth-order valence-electron chi connectivity index (χ4n) is 3.33. The maximum Gasteiger partial charge on any atom is 0.494 e. The van der Waals surface area contributed by atoms with Crippen LogP contribution in [0.3, 0.4) is 0 Å². The number of carbonyl (C=O) groups excluding carboxylic acids is 3. The highest BCUT2D eigenvalue weighted by molar-refractivity contribution is 6.62. The minimum absolute atomic E-state index is 0.168. The molecule has 2 aliphatic rings. The van der Waals surface area contributed by atoms with Crippen LogP contribution in [0.1, 0.15) is 46.1 Å². The Hall–Kier alpha value is -2.39. The second-order valence-electron chi connectivity index (χ2n) is 8.66. The number of hydrogen-bond acceptors (Lipinski definition) is 5. The largest absolute Gasteiger partial charge is 0.494 e. The summed E-state index contributed by atoms with van der Waals surface area (Å²) >= 11 is 0. The average molecular weight is 401 g/mol. The van der Waals surface area contributed by atoms with E-state index in [2.05, 4.69) is 10.6 Å². The Morgan fingerprint density at radius 1 is 1.21 bits per heavy atom. The normalized spacial score (nSPS) is 23.5. The van der Waals surface area contributed by atoms with Crippen molar-refractivity contribution in [3.05, 3.63) is 29.8 Å². The van der Waals surface area contributed by atoms with Gasteiger partial charge in [0.2, 0.25) is 17.7 Å². The van der Waals surface area contributed by atoms with Gasteiger partial charge in [-0.3, -0.25) is 14.4 Å². The summed E-state index contributed by atoms with van der Waals surface area (Å²) in [4.78, 5) is 35.4. The SMILES string of the molecule is CC1(C)OB(c2ccc(C[C@@H](NC(=O)[C@@H]3CCC(=O)N3)C(N)=O)cc2)OC1(C)C. The molecular formula is C20H28BN3O5. The van der Waals surface area contributed by atoms with Gasteiger partial charge in [-0.1, -0.05) is 24.3 Å². The Bertz CT molecular complexity index is 793. The fourth-order valence-corrected chi connectivity index (χ4v) is 3.33. The van der Waals surface area contributed by atoms with Crippen molar-refractivity contribution < 1.29 is 23.7 Å². The standard InChI is InChI=1S/C20H28BN3O5/c1-19(2)20(3,4)29-21(28-19)13-7-5-12(6-8-13)11-15(17(22)26)24-18(27)14-9-10-16(25)23-14/h5-8,14-15H,9-11H2,1-4H3,(H2,22,26)(H,23,25)(H,24,27)/t14-,15+/m0/s1. The van der Waals surface area contributed by atoms with Crippen LogP contribution in [0.15, 0.2) is 24.3 Å². The molecule has 2 aliphatic heterocycles. The van der Waals surface area contributed by atoms with Crippen molar-refractivity contribution in [1.29, 1.82) is 0 Å². The molecule has 0 saturated carbocycles. The van der Waals surface area contributed by atoms with Crippen LogP contribution in [0.4, 0.5) is 0 Å².